The van der Waals surface area contributed by atoms with E-state index in [1.807, 2.05) is 38.1 Å². The van der Waals surface area contributed by atoms with Gasteiger partial charge in [0.25, 0.3) is 0 Å². The fraction of sp³-hybridized carbons (Fsp3) is 0.217. The summed E-state index contributed by atoms with van der Waals surface area (Å²) in [5.74, 6) is 0.797. The van der Waals surface area contributed by atoms with Crippen molar-refractivity contribution in [2.75, 3.05) is 18.6 Å². The van der Waals surface area contributed by atoms with Gasteiger partial charge in [-0.25, -0.2) is 9.69 Å². The second-order valence-electron chi connectivity index (χ2n) is 7.38. The van der Waals surface area contributed by atoms with Crippen molar-refractivity contribution < 1.29 is 18.7 Å². The van der Waals surface area contributed by atoms with Crippen molar-refractivity contribution in [1.82, 2.24) is 4.98 Å². The van der Waals surface area contributed by atoms with Crippen LogP contribution in [-0.4, -0.2) is 24.8 Å². The van der Waals surface area contributed by atoms with Gasteiger partial charge in [-0.05, 0) is 30.2 Å². The van der Waals surface area contributed by atoms with Gasteiger partial charge in [0.1, 0.15) is 5.58 Å². The van der Waals surface area contributed by atoms with Crippen molar-refractivity contribution in [1.29, 1.82) is 0 Å². The van der Waals surface area contributed by atoms with Crippen LogP contribution in [0.2, 0.25) is 10.0 Å². The summed E-state index contributed by atoms with van der Waals surface area (Å²) in [7, 11) is 1.59. The molecule has 0 unspecified atom stereocenters. The average Bonchev–Trinajstić information content (AvgIpc) is 3.12. The van der Waals surface area contributed by atoms with Crippen LogP contribution in [0.4, 0.5) is 16.2 Å². The molecular weight excluding hydrogens is 439 g/mol. The summed E-state index contributed by atoms with van der Waals surface area (Å²) in [5, 5.41) is 2.13. The zero-order chi connectivity index (χ0) is 22.1. The Kier molecular flexibility index (Phi) is 5.94. The van der Waals surface area contributed by atoms with Crippen LogP contribution in [0.3, 0.4) is 0 Å². The molecule has 0 spiro atoms. The molecule has 0 N–H and O–H groups in total. The van der Waals surface area contributed by atoms with Gasteiger partial charge in [0.15, 0.2) is 11.3 Å². The van der Waals surface area contributed by atoms with Crippen molar-refractivity contribution in [2.24, 2.45) is 5.92 Å². The number of pyridine rings is 1. The first-order chi connectivity index (χ1) is 14.9. The highest BCUT2D eigenvalue weighted by atomic mass is 35.5. The van der Waals surface area contributed by atoms with Crippen molar-refractivity contribution in [3.8, 4) is 5.75 Å². The number of ether oxygens (including phenoxy) is 2. The minimum Gasteiger partial charge on any atom is -0.493 e. The SMILES string of the molecule is COc1cccc2c1oc1ccc(N(C(=O)OCC(C)C)c3c(Cl)cncc3Cl)cc12. The van der Waals surface area contributed by atoms with E-state index in [1.54, 1.807) is 19.2 Å². The maximum Gasteiger partial charge on any atom is 0.419 e. The largest absolute Gasteiger partial charge is 0.493 e. The summed E-state index contributed by atoms with van der Waals surface area (Å²) in [6.07, 6.45) is 2.28. The highest BCUT2D eigenvalue weighted by Crippen LogP contribution is 2.41. The molecule has 6 nitrogen and oxygen atoms in total. The standard InChI is InChI=1S/C23H20Cl2N2O4/c1-13(2)12-30-23(28)27(21-17(24)10-26-11-18(21)25)14-7-8-19-16(9-14)15-5-4-6-20(29-3)22(15)31-19/h4-11,13H,12H2,1-3H3. The predicted octanol–water partition coefficient (Wildman–Crippen LogP) is 7.23. The van der Waals surface area contributed by atoms with Crippen LogP contribution >= 0.6 is 23.2 Å². The van der Waals surface area contributed by atoms with Gasteiger partial charge in [-0.2, -0.15) is 0 Å². The lowest BCUT2D eigenvalue weighted by Crippen LogP contribution is -2.28. The second-order valence-corrected chi connectivity index (χ2v) is 8.19. The number of rotatable bonds is 5. The molecule has 2 heterocycles. The van der Waals surface area contributed by atoms with Gasteiger partial charge in [0.05, 0.1) is 35.1 Å². The molecule has 1 amide bonds. The molecule has 0 aliphatic carbocycles. The first kappa shape index (κ1) is 21.3. The number of furan rings is 1. The Morgan fingerprint density at radius 2 is 1.87 bits per heavy atom. The van der Waals surface area contributed by atoms with Crippen LogP contribution in [0.5, 0.6) is 5.75 Å². The predicted molar refractivity (Wildman–Crippen MR) is 123 cm³/mol. The number of nitrogens with zero attached hydrogens (tertiary/aromatic N) is 2. The molecule has 0 aliphatic heterocycles. The van der Waals surface area contributed by atoms with E-state index < -0.39 is 6.09 Å². The molecule has 2 aromatic heterocycles. The van der Waals surface area contributed by atoms with Gasteiger partial charge in [0.2, 0.25) is 0 Å². The number of amides is 1. The molecule has 4 rings (SSSR count). The Balaban J connectivity index is 1.90. The minimum atomic E-state index is -0.589. The average molecular weight is 459 g/mol. The highest BCUT2D eigenvalue weighted by Gasteiger charge is 2.26. The molecule has 4 aromatic rings. The fourth-order valence-corrected chi connectivity index (χ4v) is 3.84. The molecule has 31 heavy (non-hydrogen) atoms. The summed E-state index contributed by atoms with van der Waals surface area (Å²) >= 11 is 12.8. The number of carbonyl (C=O) groups is 1. The lowest BCUT2D eigenvalue weighted by molar-refractivity contribution is 0.143. The van der Waals surface area contributed by atoms with Crippen LogP contribution in [0.1, 0.15) is 13.8 Å². The molecule has 0 saturated carbocycles. The lowest BCUT2D eigenvalue weighted by Gasteiger charge is -2.24. The zero-order valence-corrected chi connectivity index (χ0v) is 18.7. The van der Waals surface area contributed by atoms with Crippen LogP contribution in [0, 0.1) is 5.92 Å². The van der Waals surface area contributed by atoms with Gasteiger partial charge in [-0.1, -0.05) is 49.2 Å². The Morgan fingerprint density at radius 3 is 2.55 bits per heavy atom. The topological polar surface area (TPSA) is 64.8 Å². The molecule has 0 fully saturated rings. The number of para-hydroxylation sites is 1. The van der Waals surface area contributed by atoms with Gasteiger partial charge in [0, 0.05) is 23.2 Å². The number of methoxy groups -OCH3 is 1. The number of halogens is 2. The summed E-state index contributed by atoms with van der Waals surface area (Å²) in [6, 6.07) is 11.0. The van der Waals surface area contributed by atoms with Gasteiger partial charge in [-0.3, -0.25) is 4.98 Å². The van der Waals surface area contributed by atoms with Crippen molar-refractivity contribution in [2.45, 2.75) is 13.8 Å². The van der Waals surface area contributed by atoms with Crippen molar-refractivity contribution in [3.05, 3.63) is 58.8 Å². The quantitative estimate of drug-likeness (QED) is 0.315. The summed E-state index contributed by atoms with van der Waals surface area (Å²) in [6.45, 7) is 4.17. The number of carbonyl (C=O) groups excluding carboxylic acids is 1. The van der Waals surface area contributed by atoms with Gasteiger partial charge >= 0.3 is 6.09 Å². The maximum atomic E-state index is 13.1. The molecule has 0 radical (unpaired) electrons. The summed E-state index contributed by atoms with van der Waals surface area (Å²) in [5.41, 5.74) is 2.12. The maximum absolute atomic E-state index is 13.1. The molecule has 160 valence electrons. The smallest absolute Gasteiger partial charge is 0.419 e. The van der Waals surface area contributed by atoms with E-state index in [0.29, 0.717) is 28.3 Å². The molecule has 0 saturated heterocycles. The molecule has 0 atom stereocenters. The number of benzene rings is 2. The molecule has 0 bridgehead atoms. The normalized spacial score (nSPS) is 11.3. The Morgan fingerprint density at radius 1 is 1.13 bits per heavy atom. The monoisotopic (exact) mass is 458 g/mol. The molecule has 8 heteroatoms. The highest BCUT2D eigenvalue weighted by molar-refractivity contribution is 6.40. The van der Waals surface area contributed by atoms with Crippen LogP contribution in [-0.2, 0) is 4.74 Å². The third-order valence-electron chi connectivity index (χ3n) is 4.70. The Hall–Kier alpha value is -2.96. The molecular formula is C23H20Cl2N2O4. The van der Waals surface area contributed by atoms with Crippen molar-refractivity contribution in [3.63, 3.8) is 0 Å². The van der Waals surface area contributed by atoms with E-state index in [9.17, 15) is 4.79 Å². The second kappa shape index (κ2) is 8.65. The number of hydrogen-bond donors (Lipinski definition) is 0. The zero-order valence-electron chi connectivity index (χ0n) is 17.2. The van der Waals surface area contributed by atoms with Crippen LogP contribution in [0.25, 0.3) is 21.9 Å². The summed E-state index contributed by atoms with van der Waals surface area (Å²) in [4.78, 5) is 18.5. The van der Waals surface area contributed by atoms with E-state index >= 15 is 0 Å². The molecule has 0 aliphatic rings. The van der Waals surface area contributed by atoms with E-state index in [4.69, 9.17) is 37.1 Å². The number of anilines is 2. The fourth-order valence-electron chi connectivity index (χ4n) is 3.31. The molecule has 2 aromatic carbocycles. The van der Waals surface area contributed by atoms with Gasteiger partial charge < -0.3 is 13.9 Å². The first-order valence-electron chi connectivity index (χ1n) is 9.66. The third-order valence-corrected chi connectivity index (χ3v) is 5.25. The van der Waals surface area contributed by atoms with E-state index in [-0.39, 0.29) is 22.6 Å². The van der Waals surface area contributed by atoms with E-state index in [0.717, 1.165) is 10.8 Å². The number of aromatic nitrogens is 1. The summed E-state index contributed by atoms with van der Waals surface area (Å²) < 4.78 is 16.9. The Labute approximate surface area is 189 Å². The van der Waals surface area contributed by atoms with Gasteiger partial charge in [-0.15, -0.1) is 0 Å². The number of hydrogen-bond acceptors (Lipinski definition) is 5. The third kappa shape index (κ3) is 4.01. The lowest BCUT2D eigenvalue weighted by atomic mass is 10.1. The van der Waals surface area contributed by atoms with Crippen molar-refractivity contribution >= 4 is 62.6 Å². The first-order valence-corrected chi connectivity index (χ1v) is 10.4. The Bertz CT molecular complexity index is 1250. The number of fused-ring (bicyclic) bond motifs is 3. The minimum absolute atomic E-state index is 0.168. The van der Waals surface area contributed by atoms with E-state index in [2.05, 4.69) is 4.98 Å². The van der Waals surface area contributed by atoms with Crippen LogP contribution in [0.15, 0.2) is 53.2 Å². The van der Waals surface area contributed by atoms with Crippen LogP contribution < -0.4 is 9.64 Å². The van der Waals surface area contributed by atoms with E-state index in [1.165, 1.54) is 17.3 Å².